The lowest BCUT2D eigenvalue weighted by Gasteiger charge is -2.11. The molecule has 0 atom stereocenters. The minimum Gasteiger partial charge on any atom is -0.328 e. The van der Waals surface area contributed by atoms with Gasteiger partial charge in [-0.25, -0.2) is 4.98 Å². The number of imidazole rings is 1. The third-order valence-corrected chi connectivity index (χ3v) is 5.57. The number of aromatic nitrogens is 3. The summed E-state index contributed by atoms with van der Waals surface area (Å²) in [6.07, 6.45) is 9.30. The zero-order valence-corrected chi connectivity index (χ0v) is 16.0. The zero-order chi connectivity index (χ0) is 16.7. The molecule has 0 unspecified atom stereocenters. The molecule has 0 N–H and O–H groups in total. The van der Waals surface area contributed by atoms with E-state index in [-0.39, 0.29) is 0 Å². The Morgan fingerprint density at radius 3 is 2.52 bits per heavy atom. The first-order valence-corrected chi connectivity index (χ1v) is 10.2. The minimum absolute atomic E-state index is 1.07. The molecule has 2 rings (SSSR count). The molecule has 0 saturated carbocycles. The van der Waals surface area contributed by atoms with Crippen molar-refractivity contribution in [2.45, 2.75) is 72.8 Å². The van der Waals surface area contributed by atoms with Crippen molar-refractivity contribution < 1.29 is 0 Å². The van der Waals surface area contributed by atoms with Gasteiger partial charge in [0.2, 0.25) is 0 Å². The van der Waals surface area contributed by atoms with E-state index in [0.29, 0.717) is 0 Å². The second-order valence-corrected chi connectivity index (χ2v) is 7.53. The maximum atomic E-state index is 4.87. The predicted octanol–water partition coefficient (Wildman–Crippen LogP) is 5.31. The Morgan fingerprint density at radius 1 is 1.04 bits per heavy atom. The summed E-state index contributed by atoms with van der Waals surface area (Å²) in [5.74, 6) is 3.79. The Balaban J connectivity index is 2.15. The highest BCUT2D eigenvalue weighted by molar-refractivity contribution is 7.99. The smallest absolute Gasteiger partial charge is 0.109 e. The second-order valence-electron chi connectivity index (χ2n) is 6.31. The van der Waals surface area contributed by atoms with E-state index in [1.54, 1.807) is 0 Å². The zero-order valence-electron chi connectivity index (χ0n) is 15.2. The molecule has 2 aromatic heterocycles. The number of thioether (sulfide) groups is 1. The summed E-state index contributed by atoms with van der Waals surface area (Å²) < 4.78 is 2.47. The van der Waals surface area contributed by atoms with Gasteiger partial charge >= 0.3 is 0 Å². The molecule has 3 nitrogen and oxygen atoms in total. The summed E-state index contributed by atoms with van der Waals surface area (Å²) in [4.78, 5) is 9.37. The van der Waals surface area contributed by atoms with E-state index in [1.165, 1.54) is 60.5 Å². The molecular weight excluding hydrogens is 302 g/mol. The molecule has 0 spiro atoms. The van der Waals surface area contributed by atoms with Crippen molar-refractivity contribution in [3.05, 3.63) is 23.3 Å². The summed E-state index contributed by atoms with van der Waals surface area (Å²) in [5.41, 5.74) is 4.79. The van der Waals surface area contributed by atoms with Crippen molar-refractivity contribution in [3.8, 4) is 0 Å². The Kier molecular flexibility index (Phi) is 7.41. The summed E-state index contributed by atoms with van der Waals surface area (Å²) >= 11 is 2.09. The largest absolute Gasteiger partial charge is 0.328 e. The number of pyridine rings is 1. The topological polar surface area (TPSA) is 30.7 Å². The summed E-state index contributed by atoms with van der Waals surface area (Å²) in [7, 11) is 0. The van der Waals surface area contributed by atoms with Crippen molar-refractivity contribution in [3.63, 3.8) is 0 Å². The van der Waals surface area contributed by atoms with Crippen LogP contribution in [0.15, 0.2) is 6.20 Å². The van der Waals surface area contributed by atoms with Crippen molar-refractivity contribution in [2.24, 2.45) is 0 Å². The van der Waals surface area contributed by atoms with Crippen LogP contribution in [0.5, 0.6) is 0 Å². The van der Waals surface area contributed by atoms with Crippen molar-refractivity contribution >= 4 is 22.8 Å². The van der Waals surface area contributed by atoms with Crippen LogP contribution in [0.25, 0.3) is 11.0 Å². The molecule has 0 aliphatic carbocycles. The van der Waals surface area contributed by atoms with Gasteiger partial charge in [-0.05, 0) is 50.2 Å². The fourth-order valence-corrected chi connectivity index (χ4v) is 3.90. The van der Waals surface area contributed by atoms with E-state index >= 15 is 0 Å². The highest BCUT2D eigenvalue weighted by Crippen LogP contribution is 2.23. The van der Waals surface area contributed by atoms with Crippen LogP contribution < -0.4 is 0 Å². The first kappa shape index (κ1) is 18.3. The molecule has 0 fully saturated rings. The average Bonchev–Trinajstić information content (AvgIpc) is 2.90. The second kappa shape index (κ2) is 9.31. The highest BCUT2D eigenvalue weighted by atomic mass is 32.2. The van der Waals surface area contributed by atoms with Crippen molar-refractivity contribution in [1.29, 1.82) is 0 Å². The average molecular weight is 334 g/mol. The standard InChI is InChI=1S/C19H31N3S/c1-5-7-10-18-21-17-14-20-16(4)15(3)19(17)22(18)11-9-13-23-12-8-6-2/h14H,5-13H2,1-4H3. The highest BCUT2D eigenvalue weighted by Gasteiger charge is 2.14. The van der Waals surface area contributed by atoms with Crippen LogP contribution in [0, 0.1) is 13.8 Å². The molecule has 23 heavy (non-hydrogen) atoms. The van der Waals surface area contributed by atoms with Crippen LogP contribution in [0.1, 0.15) is 63.0 Å². The first-order chi connectivity index (χ1) is 11.2. The van der Waals surface area contributed by atoms with E-state index in [9.17, 15) is 0 Å². The van der Waals surface area contributed by atoms with E-state index in [1.807, 2.05) is 6.20 Å². The van der Waals surface area contributed by atoms with Crippen molar-refractivity contribution in [2.75, 3.05) is 11.5 Å². The van der Waals surface area contributed by atoms with Gasteiger partial charge in [0, 0.05) is 18.7 Å². The van der Waals surface area contributed by atoms with Crippen LogP contribution in [-0.4, -0.2) is 26.0 Å². The minimum atomic E-state index is 1.07. The summed E-state index contributed by atoms with van der Waals surface area (Å²) in [6.45, 7) is 9.87. The van der Waals surface area contributed by atoms with Gasteiger partial charge in [0.15, 0.2) is 0 Å². The Hall–Kier alpha value is -1.03. The Morgan fingerprint density at radius 2 is 1.78 bits per heavy atom. The van der Waals surface area contributed by atoms with Gasteiger partial charge < -0.3 is 4.57 Å². The van der Waals surface area contributed by atoms with E-state index < -0.39 is 0 Å². The molecule has 2 heterocycles. The molecule has 0 aromatic carbocycles. The van der Waals surface area contributed by atoms with E-state index in [0.717, 1.165) is 24.2 Å². The van der Waals surface area contributed by atoms with Gasteiger partial charge in [0.05, 0.1) is 11.7 Å². The monoisotopic (exact) mass is 333 g/mol. The normalized spacial score (nSPS) is 11.5. The van der Waals surface area contributed by atoms with Gasteiger partial charge in [0.1, 0.15) is 11.3 Å². The van der Waals surface area contributed by atoms with Gasteiger partial charge in [-0.1, -0.05) is 26.7 Å². The number of fused-ring (bicyclic) bond motifs is 1. The molecule has 4 heteroatoms. The fourth-order valence-electron chi connectivity index (χ4n) is 2.87. The maximum Gasteiger partial charge on any atom is 0.109 e. The number of hydrogen-bond donors (Lipinski definition) is 0. The van der Waals surface area contributed by atoms with Gasteiger partial charge in [0.25, 0.3) is 0 Å². The van der Waals surface area contributed by atoms with Gasteiger partial charge in [-0.2, -0.15) is 11.8 Å². The maximum absolute atomic E-state index is 4.87. The van der Waals surface area contributed by atoms with Crippen LogP contribution in [0.2, 0.25) is 0 Å². The van der Waals surface area contributed by atoms with Crippen LogP contribution in [0.3, 0.4) is 0 Å². The SMILES string of the molecule is CCCCSCCCn1c(CCCC)nc2cnc(C)c(C)c21. The summed E-state index contributed by atoms with van der Waals surface area (Å²) in [5, 5.41) is 0. The molecule has 0 radical (unpaired) electrons. The quantitative estimate of drug-likeness (QED) is 0.552. The molecular formula is C19H31N3S. The molecule has 0 aliphatic rings. The number of aryl methyl sites for hydroxylation is 4. The van der Waals surface area contributed by atoms with Gasteiger partial charge in [-0.3, -0.25) is 4.98 Å². The number of rotatable bonds is 10. The predicted molar refractivity (Wildman–Crippen MR) is 102 cm³/mol. The number of hydrogen-bond acceptors (Lipinski definition) is 3. The number of unbranched alkanes of at least 4 members (excludes halogenated alkanes) is 2. The number of nitrogens with zero attached hydrogens (tertiary/aromatic N) is 3. The third-order valence-electron chi connectivity index (χ3n) is 4.42. The molecule has 0 aliphatic heterocycles. The lowest BCUT2D eigenvalue weighted by molar-refractivity contribution is 0.635. The Bertz CT molecular complexity index is 619. The lowest BCUT2D eigenvalue weighted by Crippen LogP contribution is -2.06. The van der Waals surface area contributed by atoms with Gasteiger partial charge in [-0.15, -0.1) is 0 Å². The van der Waals surface area contributed by atoms with E-state index in [2.05, 4.69) is 49.0 Å². The Labute approximate surface area is 145 Å². The molecule has 2 aromatic rings. The van der Waals surface area contributed by atoms with Crippen LogP contribution in [-0.2, 0) is 13.0 Å². The van der Waals surface area contributed by atoms with Crippen LogP contribution >= 0.6 is 11.8 Å². The van der Waals surface area contributed by atoms with E-state index in [4.69, 9.17) is 4.98 Å². The first-order valence-electron chi connectivity index (χ1n) is 9.08. The van der Waals surface area contributed by atoms with Crippen molar-refractivity contribution in [1.82, 2.24) is 14.5 Å². The molecule has 0 saturated heterocycles. The molecule has 128 valence electrons. The lowest BCUT2D eigenvalue weighted by atomic mass is 10.2. The fraction of sp³-hybridized carbons (Fsp3) is 0.684. The molecule has 0 bridgehead atoms. The van der Waals surface area contributed by atoms with Crippen LogP contribution in [0.4, 0.5) is 0 Å². The summed E-state index contributed by atoms with van der Waals surface area (Å²) in [6, 6.07) is 0. The molecule has 0 amide bonds. The third kappa shape index (κ3) is 4.72.